The van der Waals surface area contributed by atoms with Gasteiger partial charge in [-0.05, 0) is 12.8 Å². The Morgan fingerprint density at radius 1 is 0.727 bits per heavy atom. The van der Waals surface area contributed by atoms with Gasteiger partial charge in [0.25, 0.3) is 0 Å². The molecule has 1 aliphatic rings. The van der Waals surface area contributed by atoms with E-state index in [4.69, 9.17) is 0 Å². The molecule has 0 aromatic heterocycles. The number of hydrogen-bond donors (Lipinski definition) is 1. The van der Waals surface area contributed by atoms with Crippen LogP contribution in [0.25, 0.3) is 0 Å². The van der Waals surface area contributed by atoms with Crippen molar-refractivity contribution in [1.82, 2.24) is 0 Å². The normalized spacial score (nSPS) is 31.2. The van der Waals surface area contributed by atoms with Crippen LogP contribution in [0.1, 0.15) is 12.8 Å². The second kappa shape index (κ2) is 7.04. The van der Waals surface area contributed by atoms with Crippen LogP contribution in [-0.4, -0.2) is 29.5 Å². The van der Waals surface area contributed by atoms with Gasteiger partial charge < -0.3 is 61.7 Å². The molecule has 0 radical (unpaired) electrons. The minimum absolute atomic E-state index is 0.484. The third kappa shape index (κ3) is 7.24. The van der Waals surface area contributed by atoms with Crippen molar-refractivity contribution < 1.29 is 61.7 Å². The van der Waals surface area contributed by atoms with Gasteiger partial charge in [0.1, 0.15) is 12.2 Å². The Morgan fingerprint density at radius 3 is 1.50 bits per heavy atom. The fourth-order valence-electron chi connectivity index (χ4n) is 1.93. The summed E-state index contributed by atoms with van der Waals surface area (Å²) in [6.45, 7) is 0. The first-order chi connectivity index (χ1) is 9.68. The Balaban J connectivity index is 2.97. The van der Waals surface area contributed by atoms with Crippen LogP contribution in [0, 0.1) is 0 Å². The first kappa shape index (κ1) is 20.3. The van der Waals surface area contributed by atoms with Crippen LogP contribution in [-0.2, 0) is 27.3 Å². The van der Waals surface area contributed by atoms with Crippen molar-refractivity contribution in [3.8, 4) is 0 Å². The summed E-state index contributed by atoms with van der Waals surface area (Å²) < 4.78 is 43.4. The molecule has 1 rings (SSSR count). The average Bonchev–Trinajstić information content (AvgIpc) is 2.22. The molecule has 0 spiro atoms. The molecule has 22 heavy (non-hydrogen) atoms. The molecule has 0 aromatic carbocycles. The van der Waals surface area contributed by atoms with Crippen molar-refractivity contribution in [1.29, 1.82) is 0 Å². The van der Waals surface area contributed by atoms with Crippen molar-refractivity contribution in [2.75, 3.05) is 0 Å². The summed E-state index contributed by atoms with van der Waals surface area (Å²) in [4.78, 5) is 63.2. The number of phosphoric acid groups is 3. The van der Waals surface area contributed by atoms with E-state index in [1.807, 2.05) is 0 Å². The standard InChI is InChI=1S/C6H15O13P3/c7-5-3(17-20(8,9)10)1-2-4(18-21(11,12)13)6(5)19-22(14,15)16/h3-7H,1-2H2,(H2,8,9,10)(H2,11,12,13)(H2,14,15,16)/p-6/t3?,4?,5-,6+/m1/s1. The molecule has 0 heterocycles. The summed E-state index contributed by atoms with van der Waals surface area (Å²) >= 11 is 0. The molecular formula is C6H9O13P3-6. The van der Waals surface area contributed by atoms with Gasteiger partial charge in [0.2, 0.25) is 0 Å². The molecule has 1 aliphatic carbocycles. The first-order valence-corrected chi connectivity index (χ1v) is 9.85. The minimum Gasteiger partial charge on any atom is -0.790 e. The molecule has 1 fully saturated rings. The van der Waals surface area contributed by atoms with Gasteiger partial charge in [-0.3, -0.25) is 0 Å². The molecule has 0 saturated heterocycles. The topological polar surface area (TPSA) is 237 Å². The molecule has 0 bridgehead atoms. The Kier molecular flexibility index (Phi) is 6.51. The number of aliphatic hydroxyl groups excluding tert-OH is 1. The maximum atomic E-state index is 10.6. The highest BCUT2D eigenvalue weighted by Crippen LogP contribution is 2.42. The number of rotatable bonds is 6. The number of phosphoric ester groups is 3. The lowest BCUT2D eigenvalue weighted by atomic mass is 9.90. The molecule has 2 unspecified atom stereocenters. The molecule has 0 aromatic rings. The van der Waals surface area contributed by atoms with Gasteiger partial charge in [0.05, 0.1) is 35.7 Å². The molecule has 0 aliphatic heterocycles. The summed E-state index contributed by atoms with van der Waals surface area (Å²) in [6.07, 6.45) is -9.15. The number of aliphatic hydroxyl groups is 1. The molecule has 13 nitrogen and oxygen atoms in total. The first-order valence-electron chi connectivity index (χ1n) is 5.47. The van der Waals surface area contributed by atoms with Crippen molar-refractivity contribution >= 4 is 23.5 Å². The van der Waals surface area contributed by atoms with Crippen molar-refractivity contribution in [2.24, 2.45) is 0 Å². The van der Waals surface area contributed by atoms with Gasteiger partial charge in [0, 0.05) is 0 Å². The Hall–Kier alpha value is 0.290. The molecule has 1 N–H and O–H groups in total. The van der Waals surface area contributed by atoms with Gasteiger partial charge in [0.15, 0.2) is 0 Å². The van der Waals surface area contributed by atoms with E-state index in [1.54, 1.807) is 0 Å². The van der Waals surface area contributed by atoms with Crippen LogP contribution in [0.4, 0.5) is 0 Å². The highest BCUT2D eigenvalue weighted by molar-refractivity contribution is 7.43. The van der Waals surface area contributed by atoms with Gasteiger partial charge >= 0.3 is 0 Å². The summed E-state index contributed by atoms with van der Waals surface area (Å²) in [6, 6.07) is 0. The van der Waals surface area contributed by atoms with E-state index in [-0.39, 0.29) is 0 Å². The van der Waals surface area contributed by atoms with Gasteiger partial charge in [-0.15, -0.1) is 0 Å². The molecule has 1 saturated carbocycles. The highest BCUT2D eigenvalue weighted by Gasteiger charge is 2.42. The molecule has 132 valence electrons. The largest absolute Gasteiger partial charge is 0.790 e. The zero-order valence-corrected chi connectivity index (χ0v) is 13.1. The maximum absolute atomic E-state index is 10.6. The van der Waals surface area contributed by atoms with E-state index in [0.29, 0.717) is 0 Å². The minimum atomic E-state index is -5.77. The van der Waals surface area contributed by atoms with Crippen LogP contribution in [0.2, 0.25) is 0 Å². The maximum Gasteiger partial charge on any atom is 0.118 e. The zero-order valence-electron chi connectivity index (χ0n) is 10.4. The Morgan fingerprint density at radius 2 is 1.09 bits per heavy atom. The third-order valence-electron chi connectivity index (χ3n) is 2.60. The van der Waals surface area contributed by atoms with Crippen LogP contribution in [0.5, 0.6) is 0 Å². The predicted octanol–water partition coefficient (Wildman–Crippen LogP) is -5.22. The van der Waals surface area contributed by atoms with Crippen LogP contribution in [0.15, 0.2) is 0 Å². The van der Waals surface area contributed by atoms with E-state index < -0.39 is 60.7 Å². The van der Waals surface area contributed by atoms with E-state index >= 15 is 0 Å². The van der Waals surface area contributed by atoms with Crippen LogP contribution in [0.3, 0.4) is 0 Å². The predicted molar refractivity (Wildman–Crippen MR) is 52.7 cm³/mol. The molecule has 0 amide bonds. The Labute approximate surface area is 123 Å². The van der Waals surface area contributed by atoms with E-state index in [0.717, 1.165) is 0 Å². The van der Waals surface area contributed by atoms with Crippen molar-refractivity contribution in [3.05, 3.63) is 0 Å². The highest BCUT2D eigenvalue weighted by atomic mass is 31.2. The van der Waals surface area contributed by atoms with Gasteiger partial charge in [-0.25, -0.2) is 0 Å². The fourth-order valence-corrected chi connectivity index (χ4v) is 3.61. The number of hydrogen-bond acceptors (Lipinski definition) is 13. The SMILES string of the molecule is O=P([O-])([O-])OC1CCC(OP(=O)([O-])[O-])[C@H](OP(=O)([O-])[O-])[C@@H]1O. The quantitative estimate of drug-likeness (QED) is 0.423. The molecule has 4 atom stereocenters. The Bertz CT molecular complexity index is 516. The van der Waals surface area contributed by atoms with E-state index in [2.05, 4.69) is 13.6 Å². The fraction of sp³-hybridized carbons (Fsp3) is 1.00. The van der Waals surface area contributed by atoms with E-state index in [1.165, 1.54) is 0 Å². The average molecular weight is 382 g/mol. The van der Waals surface area contributed by atoms with Crippen molar-refractivity contribution in [2.45, 2.75) is 37.3 Å². The van der Waals surface area contributed by atoms with Crippen LogP contribution < -0.4 is 29.4 Å². The molecular weight excluding hydrogens is 373 g/mol. The summed E-state index contributed by atoms with van der Waals surface area (Å²) in [5.74, 6) is 0. The summed E-state index contributed by atoms with van der Waals surface area (Å²) in [5, 5.41) is 9.70. The lowest BCUT2D eigenvalue weighted by Gasteiger charge is -2.47. The lowest BCUT2D eigenvalue weighted by Crippen LogP contribution is -2.53. The van der Waals surface area contributed by atoms with Gasteiger partial charge in [-0.1, -0.05) is 0 Å². The summed E-state index contributed by atoms with van der Waals surface area (Å²) in [5.41, 5.74) is 0. The lowest BCUT2D eigenvalue weighted by molar-refractivity contribution is -0.364. The van der Waals surface area contributed by atoms with E-state index in [9.17, 15) is 48.2 Å². The second-order valence-corrected chi connectivity index (χ2v) is 7.58. The zero-order chi connectivity index (χ0) is 17.3. The third-order valence-corrected chi connectivity index (χ3v) is 4.16. The van der Waals surface area contributed by atoms with Gasteiger partial charge in [-0.2, -0.15) is 0 Å². The summed E-state index contributed by atoms with van der Waals surface area (Å²) in [7, 11) is -17.0. The molecule has 16 heteroatoms. The monoisotopic (exact) mass is 382 g/mol. The smallest absolute Gasteiger partial charge is 0.118 e. The second-order valence-electron chi connectivity index (χ2n) is 4.27. The van der Waals surface area contributed by atoms with Crippen LogP contribution >= 0.6 is 23.5 Å². The van der Waals surface area contributed by atoms with Crippen molar-refractivity contribution in [3.63, 3.8) is 0 Å².